The van der Waals surface area contributed by atoms with Crippen molar-refractivity contribution in [2.75, 3.05) is 39.9 Å². The molecule has 27 heavy (non-hydrogen) atoms. The van der Waals surface area contributed by atoms with Gasteiger partial charge in [-0.15, -0.1) is 0 Å². The van der Waals surface area contributed by atoms with Gasteiger partial charge in [0.15, 0.2) is 0 Å². The molecule has 4 rings (SSSR count). The van der Waals surface area contributed by atoms with E-state index in [1.807, 2.05) is 0 Å². The molecule has 0 atom stereocenters. The minimum absolute atomic E-state index is 0.0952. The molecule has 0 aromatic carbocycles. The largest absolute Gasteiger partial charge is 0.476 e. The highest BCUT2D eigenvalue weighted by molar-refractivity contribution is 7.89. The maximum Gasteiger partial charge on any atom is 0.246 e. The van der Waals surface area contributed by atoms with Gasteiger partial charge in [0.1, 0.15) is 17.1 Å². The summed E-state index contributed by atoms with van der Waals surface area (Å²) in [6.07, 6.45) is 4.09. The van der Waals surface area contributed by atoms with Crippen LogP contribution >= 0.6 is 0 Å². The van der Waals surface area contributed by atoms with E-state index in [-0.39, 0.29) is 10.8 Å². The highest BCUT2D eigenvalue weighted by Crippen LogP contribution is 2.43. The lowest BCUT2D eigenvalue weighted by Gasteiger charge is -2.30. The standard InChI is InChI=1S/C18H27N3O5S/c1-13-11-15-17(26-18(5-6-18)12-19-27(15,22)23)20-16(13)25-10-9-21-7-3-14(24-2)4-8-21/h11,14,19H,3-10,12H2,1-2H3. The van der Waals surface area contributed by atoms with Crippen molar-refractivity contribution in [2.24, 2.45) is 0 Å². The second-order valence-corrected chi connectivity index (χ2v) is 9.38. The van der Waals surface area contributed by atoms with E-state index >= 15 is 0 Å². The fourth-order valence-electron chi connectivity index (χ4n) is 3.57. The van der Waals surface area contributed by atoms with Crippen molar-refractivity contribution in [3.63, 3.8) is 0 Å². The predicted octanol–water partition coefficient (Wildman–Crippen LogP) is 1.08. The van der Waals surface area contributed by atoms with Crippen molar-refractivity contribution in [3.05, 3.63) is 11.6 Å². The van der Waals surface area contributed by atoms with Crippen LogP contribution in [0.4, 0.5) is 0 Å². The summed E-state index contributed by atoms with van der Waals surface area (Å²) in [5, 5.41) is 0. The molecule has 1 spiro atoms. The Hall–Kier alpha value is -1.42. The fraction of sp³-hybridized carbons (Fsp3) is 0.722. The van der Waals surface area contributed by atoms with Crippen LogP contribution in [0.2, 0.25) is 0 Å². The summed E-state index contributed by atoms with van der Waals surface area (Å²) in [6.45, 7) is 5.39. The Labute approximate surface area is 160 Å². The lowest BCUT2D eigenvalue weighted by molar-refractivity contribution is 0.0372. The Morgan fingerprint density at radius 1 is 1.37 bits per heavy atom. The van der Waals surface area contributed by atoms with E-state index in [0.29, 0.717) is 30.7 Å². The molecule has 0 amide bonds. The van der Waals surface area contributed by atoms with Gasteiger partial charge in [-0.2, -0.15) is 4.98 Å². The second-order valence-electron chi connectivity index (χ2n) is 7.65. The number of hydrogen-bond donors (Lipinski definition) is 1. The SMILES string of the molecule is COC1CCN(CCOc2nc3c(cc2C)S(=O)(=O)NCC2(CC2)O3)CC1. The summed E-state index contributed by atoms with van der Waals surface area (Å²) in [5.41, 5.74) is 0.247. The van der Waals surface area contributed by atoms with Gasteiger partial charge in [0.25, 0.3) is 0 Å². The number of likely N-dealkylation sites (tertiary alicyclic amines) is 1. The maximum absolute atomic E-state index is 12.5. The van der Waals surface area contributed by atoms with Crippen LogP contribution in [0, 0.1) is 6.92 Å². The molecule has 1 aromatic rings. The van der Waals surface area contributed by atoms with Crippen LogP contribution in [0.3, 0.4) is 0 Å². The van der Waals surface area contributed by atoms with Crippen LogP contribution in [0.1, 0.15) is 31.2 Å². The molecular weight excluding hydrogens is 370 g/mol. The van der Waals surface area contributed by atoms with Crippen LogP contribution in [-0.2, 0) is 14.8 Å². The maximum atomic E-state index is 12.5. The third-order valence-electron chi connectivity index (χ3n) is 5.61. The lowest BCUT2D eigenvalue weighted by Crippen LogP contribution is -2.38. The van der Waals surface area contributed by atoms with Crippen molar-refractivity contribution < 1.29 is 22.6 Å². The number of hydrogen-bond acceptors (Lipinski definition) is 7. The zero-order valence-electron chi connectivity index (χ0n) is 15.9. The normalized spacial score (nSPS) is 24.1. The molecule has 0 radical (unpaired) electrons. The number of pyridine rings is 1. The molecule has 1 N–H and O–H groups in total. The Morgan fingerprint density at radius 3 is 2.78 bits per heavy atom. The van der Waals surface area contributed by atoms with Gasteiger partial charge in [0.05, 0.1) is 12.6 Å². The summed E-state index contributed by atoms with van der Waals surface area (Å²) in [4.78, 5) is 6.85. The molecule has 150 valence electrons. The summed E-state index contributed by atoms with van der Waals surface area (Å²) in [6, 6.07) is 1.59. The lowest BCUT2D eigenvalue weighted by atomic mass is 10.1. The van der Waals surface area contributed by atoms with Crippen molar-refractivity contribution in [1.29, 1.82) is 0 Å². The Morgan fingerprint density at radius 2 is 2.11 bits per heavy atom. The van der Waals surface area contributed by atoms with Gasteiger partial charge in [-0.1, -0.05) is 0 Å². The summed E-state index contributed by atoms with van der Waals surface area (Å²) >= 11 is 0. The van der Waals surface area contributed by atoms with Gasteiger partial charge >= 0.3 is 0 Å². The Balaban J connectivity index is 1.43. The first kappa shape index (κ1) is 18.9. The Bertz CT molecular complexity index is 801. The molecule has 1 aromatic heterocycles. The Kier molecular flexibility index (Phi) is 5.04. The first-order chi connectivity index (χ1) is 12.9. The van der Waals surface area contributed by atoms with Crippen molar-refractivity contribution in [3.8, 4) is 11.8 Å². The highest BCUT2D eigenvalue weighted by Gasteiger charge is 2.49. The summed E-state index contributed by atoms with van der Waals surface area (Å²) in [5.74, 6) is 0.590. The van der Waals surface area contributed by atoms with E-state index in [2.05, 4.69) is 14.6 Å². The number of aromatic nitrogens is 1. The topological polar surface area (TPSA) is 90.0 Å². The van der Waals surface area contributed by atoms with Crippen LogP contribution in [0.15, 0.2) is 11.0 Å². The van der Waals surface area contributed by atoms with E-state index in [1.165, 1.54) is 0 Å². The molecule has 0 bridgehead atoms. The molecular formula is C18H27N3O5S. The second kappa shape index (κ2) is 7.20. The van der Waals surface area contributed by atoms with Gasteiger partial charge in [-0.25, -0.2) is 13.1 Å². The van der Waals surface area contributed by atoms with Crippen LogP contribution in [-0.4, -0.2) is 69.9 Å². The molecule has 8 nitrogen and oxygen atoms in total. The van der Waals surface area contributed by atoms with Crippen molar-refractivity contribution >= 4 is 10.0 Å². The average Bonchev–Trinajstić information content (AvgIpc) is 3.43. The van der Waals surface area contributed by atoms with E-state index < -0.39 is 15.6 Å². The fourth-order valence-corrected chi connectivity index (χ4v) is 4.83. The van der Waals surface area contributed by atoms with Crippen LogP contribution < -0.4 is 14.2 Å². The van der Waals surface area contributed by atoms with Crippen molar-refractivity contribution in [2.45, 2.75) is 49.2 Å². The number of nitrogens with one attached hydrogen (secondary N) is 1. The minimum Gasteiger partial charge on any atom is -0.476 e. The minimum atomic E-state index is -3.61. The number of piperidine rings is 1. The quantitative estimate of drug-likeness (QED) is 0.795. The number of fused-ring (bicyclic) bond motifs is 1. The summed E-state index contributed by atoms with van der Waals surface area (Å²) < 4.78 is 44.8. The van der Waals surface area contributed by atoms with Crippen molar-refractivity contribution in [1.82, 2.24) is 14.6 Å². The van der Waals surface area contributed by atoms with Gasteiger partial charge in [0, 0.05) is 32.3 Å². The van der Waals surface area contributed by atoms with Crippen LogP contribution in [0.5, 0.6) is 11.8 Å². The predicted molar refractivity (Wildman–Crippen MR) is 98.7 cm³/mol. The zero-order chi connectivity index (χ0) is 19.1. The smallest absolute Gasteiger partial charge is 0.246 e. The first-order valence-electron chi connectivity index (χ1n) is 9.49. The zero-order valence-corrected chi connectivity index (χ0v) is 16.7. The number of sulfonamides is 1. The third kappa shape index (κ3) is 4.06. The molecule has 1 saturated heterocycles. The first-order valence-corrected chi connectivity index (χ1v) is 11.0. The van der Waals surface area contributed by atoms with E-state index in [9.17, 15) is 8.42 Å². The number of rotatable bonds is 5. The molecule has 9 heteroatoms. The van der Waals surface area contributed by atoms with Gasteiger partial charge in [-0.05, 0) is 38.7 Å². The van der Waals surface area contributed by atoms with E-state index in [1.54, 1.807) is 20.1 Å². The van der Waals surface area contributed by atoms with Crippen LogP contribution in [0.25, 0.3) is 0 Å². The molecule has 3 heterocycles. The highest BCUT2D eigenvalue weighted by atomic mass is 32.2. The molecule has 0 unspecified atom stereocenters. The van der Waals surface area contributed by atoms with E-state index in [4.69, 9.17) is 14.2 Å². The van der Waals surface area contributed by atoms with Gasteiger partial charge in [0.2, 0.25) is 21.8 Å². The number of aryl methyl sites for hydroxylation is 1. The van der Waals surface area contributed by atoms with Gasteiger partial charge < -0.3 is 14.2 Å². The summed E-state index contributed by atoms with van der Waals surface area (Å²) in [7, 11) is -1.84. The third-order valence-corrected chi connectivity index (χ3v) is 7.00. The number of nitrogens with zero attached hydrogens (tertiary/aromatic N) is 2. The molecule has 2 fully saturated rings. The number of methoxy groups -OCH3 is 1. The molecule has 3 aliphatic rings. The van der Waals surface area contributed by atoms with Gasteiger partial charge in [-0.3, -0.25) is 4.90 Å². The number of ether oxygens (including phenoxy) is 3. The average molecular weight is 397 g/mol. The molecule has 1 saturated carbocycles. The monoisotopic (exact) mass is 397 g/mol. The molecule has 1 aliphatic carbocycles. The molecule has 2 aliphatic heterocycles. The van der Waals surface area contributed by atoms with E-state index in [0.717, 1.165) is 45.3 Å².